The topological polar surface area (TPSA) is 898 Å². The monoisotopic (exact) mass is 780 g/mol. The maximum atomic E-state index is 9.00. The van der Waals surface area contributed by atoms with Gasteiger partial charge < -0.3 is 149 Å². The van der Waals surface area contributed by atoms with Gasteiger partial charge in [-0.05, 0) is 0 Å². The summed E-state index contributed by atoms with van der Waals surface area (Å²) in [5.41, 5.74) is 110. The van der Waals surface area contributed by atoms with Crippen LogP contribution in [-0.2, 0) is 0 Å². The van der Waals surface area contributed by atoms with Gasteiger partial charge in [0, 0.05) is 0 Å². The first-order chi connectivity index (χ1) is 22.5. The zero-order valence-electron chi connectivity index (χ0n) is 26.8. The van der Waals surface area contributed by atoms with Gasteiger partial charge in [0.15, 0.2) is 0 Å². The van der Waals surface area contributed by atoms with Crippen molar-refractivity contribution in [3.63, 3.8) is 0 Å². The van der Waals surface area contributed by atoms with E-state index >= 15 is 0 Å². The molecule has 52 N–H and O–H groups in total. The lowest BCUT2D eigenvalue weighted by Crippen LogP contribution is -2.18. The smallest absolute Gasteiger partial charge is 0.309 e. The second kappa shape index (κ2) is 78.2. The van der Waals surface area contributed by atoms with Crippen molar-refractivity contribution < 1.29 is 62.3 Å². The molecule has 0 aliphatic carbocycles. The van der Waals surface area contributed by atoms with E-state index in [0.717, 1.165) is 0 Å². The summed E-state index contributed by atoms with van der Waals surface area (Å²) in [5, 5.41) is 0. The first kappa shape index (κ1) is 84.1. The molecule has 0 heterocycles. The number of primary amides is 26. The van der Waals surface area contributed by atoms with Gasteiger partial charge in [-0.3, -0.25) is 0 Å². The molecule has 0 radical (unpaired) electrons. The predicted molar refractivity (Wildman–Crippen MR) is 179 cm³/mol. The average Bonchev–Trinajstić information content (AvgIpc) is 2.67. The highest BCUT2D eigenvalue weighted by atomic mass is 16.2. The maximum absolute atomic E-state index is 9.00. The van der Waals surface area contributed by atoms with E-state index in [-0.39, 0.29) is 0 Å². The van der Waals surface area contributed by atoms with Gasteiger partial charge in [-0.15, -0.1) is 0 Å². The van der Waals surface area contributed by atoms with E-state index in [9.17, 15) is 0 Å². The molecular weight excluding hydrogens is 728 g/mol. The van der Waals surface area contributed by atoms with E-state index in [2.05, 4.69) is 149 Å². The van der Waals surface area contributed by atoms with Crippen LogP contribution >= 0.6 is 0 Å². The van der Waals surface area contributed by atoms with Crippen LogP contribution in [0.15, 0.2) is 0 Å². The van der Waals surface area contributed by atoms with Crippen LogP contribution in [0.25, 0.3) is 0 Å². The molecule has 0 saturated heterocycles. The molecule has 312 valence electrons. The van der Waals surface area contributed by atoms with Crippen molar-refractivity contribution in [2.45, 2.75) is 0 Å². The zero-order chi connectivity index (χ0) is 46.5. The van der Waals surface area contributed by atoms with Gasteiger partial charge in [-0.2, -0.15) is 0 Å². The first-order valence-corrected chi connectivity index (χ1v) is 10.2. The van der Waals surface area contributed by atoms with Crippen LogP contribution in [0.4, 0.5) is 62.3 Å². The van der Waals surface area contributed by atoms with Crippen molar-refractivity contribution in [2.24, 2.45) is 149 Å². The normalized spacial score (nSPS) is 6.00. The molecule has 0 fully saturated rings. The van der Waals surface area contributed by atoms with Crippen LogP contribution in [-0.4, -0.2) is 78.4 Å². The quantitative estimate of drug-likeness (QED) is 0.109. The number of amides is 26. The lowest BCUT2D eigenvalue weighted by Gasteiger charge is -1.62. The molecule has 39 heteroatoms. The number of urea groups is 13. The minimum atomic E-state index is -0.833. The fourth-order valence-corrected chi connectivity index (χ4v) is 0. The second-order valence-electron chi connectivity index (χ2n) is 5.23. The molecule has 0 aromatic carbocycles. The molecule has 0 spiro atoms. The lowest BCUT2D eigenvalue weighted by atomic mass is 11.2. The summed E-state index contributed by atoms with van der Waals surface area (Å²) in [6.07, 6.45) is 0. The number of nitrogens with two attached hydrogens (primary N) is 26. The van der Waals surface area contributed by atoms with Crippen LogP contribution in [0.1, 0.15) is 0 Å². The fraction of sp³-hybridized carbons (Fsp3) is 0. The number of carbonyl (C=O) groups excluding carboxylic acids is 13. The van der Waals surface area contributed by atoms with Crippen molar-refractivity contribution in [1.29, 1.82) is 0 Å². The Kier molecular flexibility index (Phi) is 127. The van der Waals surface area contributed by atoms with Gasteiger partial charge in [0.05, 0.1) is 0 Å². The number of rotatable bonds is 0. The van der Waals surface area contributed by atoms with E-state index in [1.54, 1.807) is 0 Å². The molecule has 0 aromatic heterocycles. The van der Waals surface area contributed by atoms with E-state index < -0.39 is 78.4 Å². The van der Waals surface area contributed by atoms with E-state index in [1.165, 1.54) is 0 Å². The van der Waals surface area contributed by atoms with Gasteiger partial charge in [-0.1, -0.05) is 0 Å². The van der Waals surface area contributed by atoms with E-state index in [1.807, 2.05) is 0 Å². The first-order valence-electron chi connectivity index (χ1n) is 10.2. The Hall–Kier alpha value is -9.49. The molecule has 26 amide bonds. The molecular formula is C13H52N26O13. The molecule has 0 aliphatic rings. The summed E-state index contributed by atoms with van der Waals surface area (Å²) in [5.74, 6) is 0. The number of hydrogen-bond donors (Lipinski definition) is 26. The van der Waals surface area contributed by atoms with Gasteiger partial charge in [0.25, 0.3) is 0 Å². The highest BCUT2D eigenvalue weighted by Crippen LogP contribution is 1.30. The van der Waals surface area contributed by atoms with Crippen LogP contribution in [0.2, 0.25) is 0 Å². The van der Waals surface area contributed by atoms with E-state index in [4.69, 9.17) is 62.3 Å². The third-order valence-corrected chi connectivity index (χ3v) is 0. The van der Waals surface area contributed by atoms with Gasteiger partial charge in [0.2, 0.25) is 0 Å². The maximum Gasteiger partial charge on any atom is 0.309 e. The largest absolute Gasteiger partial charge is 0.352 e. The Morgan fingerprint density at radius 2 is 0.115 bits per heavy atom. The third-order valence-electron chi connectivity index (χ3n) is 0. The number of hydrogen-bond acceptors (Lipinski definition) is 13. The Morgan fingerprint density at radius 1 is 0.115 bits per heavy atom. The minimum absolute atomic E-state index is 0.833. The van der Waals surface area contributed by atoms with Crippen molar-refractivity contribution in [2.75, 3.05) is 0 Å². The predicted octanol–water partition coefficient (Wildman–Crippen LogP) is -12.7. The summed E-state index contributed by atoms with van der Waals surface area (Å²) in [4.78, 5) is 117. The van der Waals surface area contributed by atoms with Crippen molar-refractivity contribution >= 4 is 78.4 Å². The second-order valence-corrected chi connectivity index (χ2v) is 5.23. The van der Waals surface area contributed by atoms with Crippen LogP contribution in [0, 0.1) is 0 Å². The standard InChI is InChI=1S/13CH4N2O/c13*2-1(3)4/h13*(H4,2,3,4). The summed E-state index contributed by atoms with van der Waals surface area (Å²) in [6, 6.07) is -10.8. The summed E-state index contributed by atoms with van der Waals surface area (Å²) in [7, 11) is 0. The fourth-order valence-electron chi connectivity index (χ4n) is 0. The van der Waals surface area contributed by atoms with Gasteiger partial charge >= 0.3 is 78.4 Å². The Morgan fingerprint density at radius 3 is 0.115 bits per heavy atom. The van der Waals surface area contributed by atoms with Crippen LogP contribution in [0.3, 0.4) is 0 Å². The third kappa shape index (κ3) is 702. The number of carbonyl (C=O) groups is 13. The SMILES string of the molecule is NC(N)=O.NC(N)=O.NC(N)=O.NC(N)=O.NC(N)=O.NC(N)=O.NC(N)=O.NC(N)=O.NC(N)=O.NC(N)=O.NC(N)=O.NC(N)=O.NC(N)=O. The van der Waals surface area contributed by atoms with Crippen molar-refractivity contribution in [3.8, 4) is 0 Å². The molecule has 0 unspecified atom stereocenters. The lowest BCUT2D eigenvalue weighted by molar-refractivity contribution is 0.255. The van der Waals surface area contributed by atoms with Crippen molar-refractivity contribution in [1.82, 2.24) is 0 Å². The molecule has 0 atom stereocenters. The highest BCUT2D eigenvalue weighted by Gasteiger charge is 1.64. The summed E-state index contributed by atoms with van der Waals surface area (Å²) in [6.45, 7) is 0. The van der Waals surface area contributed by atoms with Gasteiger partial charge in [-0.25, -0.2) is 62.3 Å². The Labute approximate surface area is 290 Å². The van der Waals surface area contributed by atoms with Crippen molar-refractivity contribution in [3.05, 3.63) is 0 Å². The van der Waals surface area contributed by atoms with Gasteiger partial charge in [0.1, 0.15) is 0 Å². The van der Waals surface area contributed by atoms with Crippen LogP contribution in [0.5, 0.6) is 0 Å². The average molecular weight is 781 g/mol. The Bertz CT molecular complexity index is 666. The van der Waals surface area contributed by atoms with Crippen LogP contribution < -0.4 is 149 Å². The molecule has 0 rings (SSSR count). The molecule has 0 bridgehead atoms. The molecule has 0 aromatic rings. The molecule has 39 nitrogen and oxygen atoms in total. The molecule has 0 aliphatic heterocycles. The van der Waals surface area contributed by atoms with E-state index in [0.29, 0.717) is 0 Å². The molecule has 52 heavy (non-hydrogen) atoms. The summed E-state index contributed by atoms with van der Waals surface area (Å²) < 4.78 is 0. The molecule has 0 saturated carbocycles. The minimum Gasteiger partial charge on any atom is -0.352 e. The Balaban J connectivity index is -0.0000000288. The zero-order valence-corrected chi connectivity index (χ0v) is 26.8. The summed E-state index contributed by atoms with van der Waals surface area (Å²) >= 11 is 0. The highest BCUT2D eigenvalue weighted by molar-refractivity contribution is 5.72.